The van der Waals surface area contributed by atoms with Crippen LogP contribution in [0.1, 0.15) is 36.1 Å². The minimum atomic E-state index is 0.605. The highest BCUT2D eigenvalue weighted by molar-refractivity contribution is 7.11. The van der Waals surface area contributed by atoms with Crippen LogP contribution in [0.4, 0.5) is 0 Å². The fourth-order valence-electron chi connectivity index (χ4n) is 2.72. The van der Waals surface area contributed by atoms with E-state index in [1.807, 2.05) is 13.2 Å². The van der Waals surface area contributed by atoms with Gasteiger partial charge in [0.2, 0.25) is 0 Å². The number of likely N-dealkylation sites (tertiary alicyclic amines) is 1. The highest BCUT2D eigenvalue weighted by atomic mass is 32.1. The Kier molecular flexibility index (Phi) is 6.45. The van der Waals surface area contributed by atoms with Crippen molar-refractivity contribution in [2.75, 3.05) is 26.7 Å². The summed E-state index contributed by atoms with van der Waals surface area (Å²) < 4.78 is 0. The van der Waals surface area contributed by atoms with Gasteiger partial charge in [0.1, 0.15) is 5.01 Å². The molecule has 1 aliphatic heterocycles. The third kappa shape index (κ3) is 4.97. The second-order valence-corrected chi connectivity index (χ2v) is 6.80. The largest absolute Gasteiger partial charge is 0.355 e. The minimum absolute atomic E-state index is 0.605. The summed E-state index contributed by atoms with van der Waals surface area (Å²) in [6.07, 6.45) is 5.77. The second kappa shape index (κ2) is 8.34. The maximum Gasteiger partial charge on any atom is 0.191 e. The zero-order chi connectivity index (χ0) is 15.1. The van der Waals surface area contributed by atoms with Crippen LogP contribution in [0.5, 0.6) is 0 Å². The Hall–Kier alpha value is -1.14. The third-order valence-electron chi connectivity index (χ3n) is 3.93. The van der Waals surface area contributed by atoms with Gasteiger partial charge in [0.05, 0.1) is 6.54 Å². The standard InChI is InChI=1S/C15H27N5S/c1-4-13(20-7-5-6-8-20)10-18-15(16-3)19-11-14-17-9-12(2)21-14/h9,13H,4-8,10-11H2,1-3H3,(H2,16,18,19). The van der Waals surface area contributed by atoms with Gasteiger partial charge in [-0.15, -0.1) is 11.3 Å². The molecule has 0 aromatic carbocycles. The molecule has 1 aliphatic rings. The van der Waals surface area contributed by atoms with Crippen molar-refractivity contribution in [1.29, 1.82) is 0 Å². The van der Waals surface area contributed by atoms with Crippen molar-refractivity contribution in [3.8, 4) is 0 Å². The zero-order valence-electron chi connectivity index (χ0n) is 13.4. The first-order valence-electron chi connectivity index (χ1n) is 7.82. The Morgan fingerprint density at radius 3 is 2.76 bits per heavy atom. The monoisotopic (exact) mass is 309 g/mol. The molecule has 0 saturated carbocycles. The number of rotatable bonds is 6. The Morgan fingerprint density at radius 2 is 2.19 bits per heavy atom. The van der Waals surface area contributed by atoms with Crippen molar-refractivity contribution in [3.05, 3.63) is 16.1 Å². The normalized spacial score (nSPS) is 18.0. The fraction of sp³-hybridized carbons (Fsp3) is 0.733. The van der Waals surface area contributed by atoms with E-state index in [4.69, 9.17) is 0 Å². The average Bonchev–Trinajstić information content (AvgIpc) is 3.14. The maximum atomic E-state index is 4.36. The summed E-state index contributed by atoms with van der Waals surface area (Å²) in [7, 11) is 1.82. The number of hydrogen-bond acceptors (Lipinski definition) is 4. The predicted octanol–water partition coefficient (Wildman–Crippen LogP) is 1.99. The fourth-order valence-corrected chi connectivity index (χ4v) is 3.44. The lowest BCUT2D eigenvalue weighted by Crippen LogP contribution is -2.46. The van der Waals surface area contributed by atoms with Crippen LogP contribution in [0.15, 0.2) is 11.2 Å². The van der Waals surface area contributed by atoms with E-state index >= 15 is 0 Å². The summed E-state index contributed by atoms with van der Waals surface area (Å²) in [6, 6.07) is 0.605. The number of thiazole rings is 1. The van der Waals surface area contributed by atoms with Crippen LogP contribution in [0.3, 0.4) is 0 Å². The molecule has 1 unspecified atom stereocenters. The summed E-state index contributed by atoms with van der Waals surface area (Å²) >= 11 is 1.72. The number of nitrogens with zero attached hydrogens (tertiary/aromatic N) is 3. The van der Waals surface area contributed by atoms with E-state index < -0.39 is 0 Å². The van der Waals surface area contributed by atoms with Gasteiger partial charge < -0.3 is 10.6 Å². The number of aliphatic imine (C=N–C) groups is 1. The summed E-state index contributed by atoms with van der Waals surface area (Å²) in [6.45, 7) is 8.51. The molecule has 2 N–H and O–H groups in total. The molecule has 0 bridgehead atoms. The van der Waals surface area contributed by atoms with E-state index in [-0.39, 0.29) is 0 Å². The number of hydrogen-bond donors (Lipinski definition) is 2. The van der Waals surface area contributed by atoms with E-state index in [0.29, 0.717) is 6.04 Å². The van der Waals surface area contributed by atoms with E-state index in [0.717, 1.165) is 24.1 Å². The lowest BCUT2D eigenvalue weighted by Gasteiger charge is -2.27. The molecule has 0 spiro atoms. The Labute approximate surface area is 131 Å². The van der Waals surface area contributed by atoms with Gasteiger partial charge >= 0.3 is 0 Å². The van der Waals surface area contributed by atoms with E-state index in [1.165, 1.54) is 37.2 Å². The lowest BCUT2D eigenvalue weighted by atomic mass is 10.2. The van der Waals surface area contributed by atoms with Crippen LogP contribution in [-0.2, 0) is 6.54 Å². The third-order valence-corrected chi connectivity index (χ3v) is 4.85. The first-order valence-corrected chi connectivity index (χ1v) is 8.64. The van der Waals surface area contributed by atoms with Crippen LogP contribution >= 0.6 is 11.3 Å². The zero-order valence-corrected chi connectivity index (χ0v) is 14.2. The highest BCUT2D eigenvalue weighted by Crippen LogP contribution is 2.13. The van der Waals surface area contributed by atoms with Gasteiger partial charge in [0, 0.05) is 30.7 Å². The van der Waals surface area contributed by atoms with Crippen LogP contribution < -0.4 is 10.6 Å². The van der Waals surface area contributed by atoms with E-state index in [2.05, 4.69) is 39.4 Å². The summed E-state index contributed by atoms with van der Waals surface area (Å²) in [4.78, 5) is 12.5. The maximum absolute atomic E-state index is 4.36. The van der Waals surface area contributed by atoms with Crippen molar-refractivity contribution < 1.29 is 0 Å². The topological polar surface area (TPSA) is 52.6 Å². The molecule has 1 aromatic heterocycles. The van der Waals surface area contributed by atoms with E-state index in [1.54, 1.807) is 11.3 Å². The molecular weight excluding hydrogens is 282 g/mol. The van der Waals surface area contributed by atoms with Crippen LogP contribution in [-0.4, -0.2) is 48.6 Å². The first kappa shape index (κ1) is 16.2. The lowest BCUT2D eigenvalue weighted by molar-refractivity contribution is 0.236. The predicted molar refractivity (Wildman–Crippen MR) is 89.9 cm³/mol. The molecule has 5 nitrogen and oxygen atoms in total. The van der Waals surface area contributed by atoms with Crippen molar-refractivity contribution in [1.82, 2.24) is 20.5 Å². The average molecular weight is 309 g/mol. The van der Waals surface area contributed by atoms with Crippen molar-refractivity contribution in [2.24, 2.45) is 4.99 Å². The van der Waals surface area contributed by atoms with Crippen molar-refractivity contribution >= 4 is 17.3 Å². The molecule has 21 heavy (non-hydrogen) atoms. The van der Waals surface area contributed by atoms with Gasteiger partial charge in [-0.2, -0.15) is 0 Å². The van der Waals surface area contributed by atoms with Gasteiger partial charge in [-0.25, -0.2) is 4.98 Å². The van der Waals surface area contributed by atoms with E-state index in [9.17, 15) is 0 Å². The molecule has 0 aliphatic carbocycles. The number of aromatic nitrogens is 1. The van der Waals surface area contributed by atoms with Gasteiger partial charge in [0.25, 0.3) is 0 Å². The second-order valence-electron chi connectivity index (χ2n) is 5.48. The smallest absolute Gasteiger partial charge is 0.191 e. The first-order chi connectivity index (χ1) is 10.2. The highest BCUT2D eigenvalue weighted by Gasteiger charge is 2.20. The molecule has 118 valence electrons. The molecule has 2 heterocycles. The van der Waals surface area contributed by atoms with Gasteiger partial charge in [-0.3, -0.25) is 9.89 Å². The van der Waals surface area contributed by atoms with Crippen molar-refractivity contribution in [2.45, 2.75) is 45.7 Å². The summed E-state index contributed by atoms with van der Waals surface area (Å²) in [5.74, 6) is 0.862. The molecule has 2 rings (SSSR count). The molecule has 1 aromatic rings. The number of nitrogens with one attached hydrogen (secondary N) is 2. The number of guanidine groups is 1. The van der Waals surface area contributed by atoms with Crippen LogP contribution in [0.25, 0.3) is 0 Å². The Balaban J connectivity index is 1.76. The van der Waals surface area contributed by atoms with Crippen LogP contribution in [0, 0.1) is 6.92 Å². The Morgan fingerprint density at radius 1 is 1.43 bits per heavy atom. The van der Waals surface area contributed by atoms with Crippen LogP contribution in [0.2, 0.25) is 0 Å². The quantitative estimate of drug-likeness (QED) is 0.623. The molecule has 1 saturated heterocycles. The summed E-state index contributed by atoms with van der Waals surface area (Å²) in [5.41, 5.74) is 0. The minimum Gasteiger partial charge on any atom is -0.355 e. The molecule has 1 atom stereocenters. The Bertz CT molecular complexity index is 451. The molecule has 1 fully saturated rings. The summed E-state index contributed by atoms with van der Waals surface area (Å²) in [5, 5.41) is 7.88. The van der Waals surface area contributed by atoms with Gasteiger partial charge in [-0.1, -0.05) is 6.92 Å². The number of aryl methyl sites for hydroxylation is 1. The molecule has 0 radical (unpaired) electrons. The molecular formula is C15H27N5S. The van der Waals surface area contributed by atoms with Crippen molar-refractivity contribution in [3.63, 3.8) is 0 Å². The SMILES string of the molecule is CCC(CNC(=NC)NCc1ncc(C)s1)N1CCCC1. The van der Waals surface area contributed by atoms with Gasteiger partial charge in [-0.05, 0) is 39.3 Å². The van der Waals surface area contributed by atoms with Gasteiger partial charge in [0.15, 0.2) is 5.96 Å². The molecule has 0 amide bonds. The molecule has 6 heteroatoms.